The molecule has 29 heavy (non-hydrogen) atoms. The minimum Gasteiger partial charge on any atom is -0.493 e. The first-order valence-corrected chi connectivity index (χ1v) is 10.2. The number of rotatable bonds is 8. The molecule has 1 aliphatic rings. The molecule has 0 atom stereocenters. The SMILES string of the molecule is COc1cc(-c2cnc3sc(NCCN4CCOCC4)nn23)cc(OC)c1OC. The van der Waals surface area contributed by atoms with Crippen molar-refractivity contribution in [3.8, 4) is 28.5 Å². The summed E-state index contributed by atoms with van der Waals surface area (Å²) in [5, 5.41) is 8.94. The highest BCUT2D eigenvalue weighted by Crippen LogP contribution is 2.41. The second kappa shape index (κ2) is 8.85. The molecule has 156 valence electrons. The Morgan fingerprint density at radius 3 is 2.48 bits per heavy atom. The Bertz CT molecular complexity index is 942. The van der Waals surface area contributed by atoms with Crippen LogP contribution in [0.4, 0.5) is 5.13 Å². The van der Waals surface area contributed by atoms with Crippen LogP contribution in [0, 0.1) is 0 Å². The van der Waals surface area contributed by atoms with Crippen molar-refractivity contribution in [2.24, 2.45) is 0 Å². The van der Waals surface area contributed by atoms with E-state index in [1.165, 1.54) is 11.3 Å². The van der Waals surface area contributed by atoms with Crippen LogP contribution < -0.4 is 19.5 Å². The summed E-state index contributed by atoms with van der Waals surface area (Å²) in [6.07, 6.45) is 1.80. The summed E-state index contributed by atoms with van der Waals surface area (Å²) < 4.78 is 23.6. The highest BCUT2D eigenvalue weighted by Gasteiger charge is 2.18. The highest BCUT2D eigenvalue weighted by atomic mass is 32.1. The topological polar surface area (TPSA) is 82.4 Å². The molecule has 4 rings (SSSR count). The lowest BCUT2D eigenvalue weighted by Crippen LogP contribution is -2.39. The van der Waals surface area contributed by atoms with Crippen LogP contribution in [0.5, 0.6) is 17.2 Å². The van der Waals surface area contributed by atoms with Crippen molar-refractivity contribution in [1.29, 1.82) is 0 Å². The molecule has 0 saturated carbocycles. The quantitative estimate of drug-likeness (QED) is 0.595. The van der Waals surface area contributed by atoms with Gasteiger partial charge in [0.05, 0.1) is 46.4 Å². The van der Waals surface area contributed by atoms with Crippen molar-refractivity contribution >= 4 is 21.4 Å². The lowest BCUT2D eigenvalue weighted by Gasteiger charge is -2.26. The van der Waals surface area contributed by atoms with Gasteiger partial charge >= 0.3 is 0 Å². The Kier molecular flexibility index (Phi) is 6.02. The Morgan fingerprint density at radius 2 is 1.83 bits per heavy atom. The Morgan fingerprint density at radius 1 is 1.10 bits per heavy atom. The first-order chi connectivity index (χ1) is 14.2. The maximum absolute atomic E-state index is 5.47. The maximum Gasteiger partial charge on any atom is 0.214 e. The predicted molar refractivity (Wildman–Crippen MR) is 112 cm³/mol. The lowest BCUT2D eigenvalue weighted by atomic mass is 10.1. The predicted octanol–water partition coefficient (Wildman–Crippen LogP) is 2.23. The van der Waals surface area contributed by atoms with Gasteiger partial charge in [0.1, 0.15) is 0 Å². The van der Waals surface area contributed by atoms with E-state index in [0.29, 0.717) is 17.2 Å². The molecule has 1 fully saturated rings. The van der Waals surface area contributed by atoms with Crippen LogP contribution in [0.1, 0.15) is 0 Å². The molecule has 0 bridgehead atoms. The number of benzene rings is 1. The van der Waals surface area contributed by atoms with Crippen LogP contribution in [-0.4, -0.2) is 80.2 Å². The Labute approximate surface area is 173 Å². The molecule has 3 aromatic rings. The van der Waals surface area contributed by atoms with E-state index >= 15 is 0 Å². The molecule has 2 aromatic heterocycles. The van der Waals surface area contributed by atoms with Gasteiger partial charge in [0.2, 0.25) is 15.8 Å². The molecule has 9 nitrogen and oxygen atoms in total. The zero-order chi connectivity index (χ0) is 20.2. The van der Waals surface area contributed by atoms with Gasteiger partial charge in [-0.3, -0.25) is 4.90 Å². The Hall–Kier alpha value is -2.56. The van der Waals surface area contributed by atoms with Gasteiger partial charge in [-0.05, 0) is 12.1 Å². The molecule has 0 spiro atoms. The molecule has 10 heteroatoms. The molecule has 0 amide bonds. The third kappa shape index (κ3) is 4.09. The van der Waals surface area contributed by atoms with Gasteiger partial charge in [-0.25, -0.2) is 9.50 Å². The number of hydrogen-bond donors (Lipinski definition) is 1. The zero-order valence-electron chi connectivity index (χ0n) is 16.8. The summed E-state index contributed by atoms with van der Waals surface area (Å²) in [5.41, 5.74) is 1.74. The van der Waals surface area contributed by atoms with Gasteiger partial charge in [-0.1, -0.05) is 11.3 Å². The van der Waals surface area contributed by atoms with Crippen LogP contribution in [0.25, 0.3) is 16.2 Å². The molecule has 0 aliphatic carbocycles. The lowest BCUT2D eigenvalue weighted by molar-refractivity contribution is 0.0398. The van der Waals surface area contributed by atoms with Crippen molar-refractivity contribution in [1.82, 2.24) is 19.5 Å². The standard InChI is InChI=1S/C19H25N5O4S/c1-25-15-10-13(11-16(26-2)17(15)27-3)14-12-21-19-24(14)22-18(29-19)20-4-5-23-6-8-28-9-7-23/h10-12H,4-9H2,1-3H3,(H,20,22). The number of methoxy groups -OCH3 is 3. The van der Waals surface area contributed by atoms with Crippen LogP contribution in [0.2, 0.25) is 0 Å². The fraction of sp³-hybridized carbons (Fsp3) is 0.474. The van der Waals surface area contributed by atoms with E-state index in [0.717, 1.165) is 60.7 Å². The molecule has 0 unspecified atom stereocenters. The molecule has 1 N–H and O–H groups in total. The van der Waals surface area contributed by atoms with Gasteiger partial charge < -0.3 is 24.3 Å². The van der Waals surface area contributed by atoms with E-state index in [1.54, 1.807) is 27.5 Å². The number of aromatic nitrogens is 3. The summed E-state index contributed by atoms with van der Waals surface area (Å²) in [6, 6.07) is 3.80. The smallest absolute Gasteiger partial charge is 0.214 e. The maximum atomic E-state index is 5.47. The van der Waals surface area contributed by atoms with Crippen molar-refractivity contribution in [2.75, 3.05) is 66.0 Å². The van der Waals surface area contributed by atoms with Crippen LogP contribution in [-0.2, 0) is 4.74 Å². The molecule has 1 aliphatic heterocycles. The third-order valence-electron chi connectivity index (χ3n) is 4.85. The number of nitrogens with zero attached hydrogens (tertiary/aromatic N) is 4. The number of anilines is 1. The van der Waals surface area contributed by atoms with Gasteiger partial charge in [-0.15, -0.1) is 5.10 Å². The van der Waals surface area contributed by atoms with E-state index < -0.39 is 0 Å². The van der Waals surface area contributed by atoms with Crippen LogP contribution in [0.3, 0.4) is 0 Å². The van der Waals surface area contributed by atoms with Crippen molar-refractivity contribution in [3.63, 3.8) is 0 Å². The van der Waals surface area contributed by atoms with E-state index in [4.69, 9.17) is 24.0 Å². The first-order valence-electron chi connectivity index (χ1n) is 9.42. The second-order valence-corrected chi connectivity index (χ2v) is 7.50. The summed E-state index contributed by atoms with van der Waals surface area (Å²) >= 11 is 1.53. The highest BCUT2D eigenvalue weighted by molar-refractivity contribution is 7.20. The fourth-order valence-corrected chi connectivity index (χ4v) is 4.14. The summed E-state index contributed by atoms with van der Waals surface area (Å²) in [5.74, 6) is 1.75. The normalized spacial score (nSPS) is 14.9. The number of imidazole rings is 1. The van der Waals surface area contributed by atoms with E-state index in [1.807, 2.05) is 16.6 Å². The minimum atomic E-state index is 0.559. The second-order valence-electron chi connectivity index (χ2n) is 6.54. The molecule has 1 aromatic carbocycles. The minimum absolute atomic E-state index is 0.559. The largest absolute Gasteiger partial charge is 0.493 e. The van der Waals surface area contributed by atoms with Gasteiger partial charge in [0, 0.05) is 31.7 Å². The molecular weight excluding hydrogens is 394 g/mol. The van der Waals surface area contributed by atoms with Crippen molar-refractivity contribution in [2.45, 2.75) is 0 Å². The molecular formula is C19H25N5O4S. The average Bonchev–Trinajstić information content (AvgIpc) is 3.33. The fourth-order valence-electron chi connectivity index (χ4n) is 3.34. The van der Waals surface area contributed by atoms with Crippen molar-refractivity contribution < 1.29 is 18.9 Å². The molecule has 1 saturated heterocycles. The monoisotopic (exact) mass is 419 g/mol. The number of ether oxygens (including phenoxy) is 4. The van der Waals surface area contributed by atoms with E-state index in [-0.39, 0.29) is 0 Å². The number of morpholine rings is 1. The van der Waals surface area contributed by atoms with Gasteiger partial charge in [0.25, 0.3) is 0 Å². The number of nitrogens with one attached hydrogen (secondary N) is 1. The Balaban J connectivity index is 1.54. The molecule has 0 radical (unpaired) electrons. The summed E-state index contributed by atoms with van der Waals surface area (Å²) in [7, 11) is 4.80. The molecule has 3 heterocycles. The van der Waals surface area contributed by atoms with Crippen LogP contribution >= 0.6 is 11.3 Å². The van der Waals surface area contributed by atoms with E-state index in [2.05, 4.69) is 15.2 Å². The summed E-state index contributed by atoms with van der Waals surface area (Å²) in [6.45, 7) is 5.37. The zero-order valence-corrected chi connectivity index (χ0v) is 17.6. The summed E-state index contributed by atoms with van der Waals surface area (Å²) in [4.78, 5) is 7.71. The average molecular weight is 420 g/mol. The van der Waals surface area contributed by atoms with E-state index in [9.17, 15) is 0 Å². The number of hydrogen-bond acceptors (Lipinski definition) is 9. The van der Waals surface area contributed by atoms with Crippen LogP contribution in [0.15, 0.2) is 18.3 Å². The van der Waals surface area contributed by atoms with Gasteiger partial charge in [0.15, 0.2) is 11.5 Å². The van der Waals surface area contributed by atoms with Gasteiger partial charge in [-0.2, -0.15) is 0 Å². The first kappa shape index (κ1) is 19.7. The third-order valence-corrected chi connectivity index (χ3v) is 5.73. The van der Waals surface area contributed by atoms with Crippen molar-refractivity contribution in [3.05, 3.63) is 18.3 Å². The number of fused-ring (bicyclic) bond motifs is 1.